The Kier molecular flexibility index (Phi) is 38.2. The monoisotopic (exact) mass is 802 g/mol. The van der Waals surface area contributed by atoms with Crippen LogP contribution in [-0.2, 0) is 18.4 Å². The maximum atomic E-state index is 12.6. The zero-order valence-corrected chi connectivity index (χ0v) is 38.1. The number of quaternary nitrogens is 1. The van der Waals surface area contributed by atoms with Crippen LogP contribution in [0.3, 0.4) is 0 Å². The second-order valence-corrected chi connectivity index (χ2v) is 18.9. The number of nitrogens with zero attached hydrogens (tertiary/aromatic N) is 1. The summed E-state index contributed by atoms with van der Waals surface area (Å²) in [4.78, 5) is 22.7. The van der Waals surface area contributed by atoms with E-state index in [4.69, 9.17) is 9.05 Å². The molecule has 9 heteroatoms. The van der Waals surface area contributed by atoms with Crippen LogP contribution in [0.4, 0.5) is 0 Å². The molecule has 0 aliphatic rings. The molecule has 3 unspecified atom stereocenters. The van der Waals surface area contributed by atoms with Crippen molar-refractivity contribution in [1.82, 2.24) is 5.32 Å². The summed E-state index contributed by atoms with van der Waals surface area (Å²) in [6.45, 7) is 4.70. The quantitative estimate of drug-likeness (QED) is 0.0245. The highest BCUT2D eigenvalue weighted by Crippen LogP contribution is 2.43. The lowest BCUT2D eigenvalue weighted by Gasteiger charge is -2.25. The topological polar surface area (TPSA) is 105 Å². The number of hydrogen-bond donors (Lipinski definition) is 3. The van der Waals surface area contributed by atoms with E-state index in [1.807, 2.05) is 27.2 Å². The molecule has 1 amide bonds. The lowest BCUT2D eigenvalue weighted by molar-refractivity contribution is -0.870. The summed E-state index contributed by atoms with van der Waals surface area (Å²) in [7, 11) is 1.58. The Morgan fingerprint density at radius 1 is 0.600 bits per heavy atom. The molecule has 0 radical (unpaired) electrons. The molecule has 0 saturated heterocycles. The summed E-state index contributed by atoms with van der Waals surface area (Å²) in [6.07, 6.45) is 45.1. The van der Waals surface area contributed by atoms with E-state index in [1.54, 1.807) is 6.08 Å². The first kappa shape index (κ1) is 54.2. The fourth-order valence-corrected chi connectivity index (χ4v) is 7.72. The van der Waals surface area contributed by atoms with E-state index < -0.39 is 20.0 Å². The third-order valence-electron chi connectivity index (χ3n) is 10.8. The molecule has 55 heavy (non-hydrogen) atoms. The average Bonchev–Trinajstić information content (AvgIpc) is 3.13. The molecule has 0 spiro atoms. The number of aliphatic hydroxyl groups excluding tert-OH is 1. The molecule has 0 aromatic carbocycles. The molecule has 0 aliphatic heterocycles. The van der Waals surface area contributed by atoms with E-state index in [0.717, 1.165) is 38.5 Å². The zero-order valence-electron chi connectivity index (χ0n) is 37.2. The van der Waals surface area contributed by atoms with Gasteiger partial charge in [-0.15, -0.1) is 0 Å². The lowest BCUT2D eigenvalue weighted by atomic mass is 10.0. The van der Waals surface area contributed by atoms with E-state index in [-0.39, 0.29) is 19.1 Å². The Labute approximate surface area is 342 Å². The van der Waals surface area contributed by atoms with Gasteiger partial charge in [-0.3, -0.25) is 13.8 Å². The summed E-state index contributed by atoms with van der Waals surface area (Å²) in [5.74, 6) is -0.193. The van der Waals surface area contributed by atoms with Crippen molar-refractivity contribution in [2.45, 2.75) is 238 Å². The first-order valence-electron chi connectivity index (χ1n) is 23.6. The van der Waals surface area contributed by atoms with Crippen LogP contribution in [0.1, 0.15) is 226 Å². The number of nitrogens with one attached hydrogen (secondary N) is 1. The van der Waals surface area contributed by atoms with Crippen LogP contribution in [0.15, 0.2) is 12.2 Å². The molecule has 3 N–H and O–H groups in total. The summed E-state index contributed by atoms with van der Waals surface area (Å²) >= 11 is 0. The van der Waals surface area contributed by atoms with Crippen LogP contribution < -0.4 is 5.32 Å². The Hall–Kier alpha value is -0.760. The van der Waals surface area contributed by atoms with Gasteiger partial charge in [0.15, 0.2) is 0 Å². The first-order chi connectivity index (χ1) is 26.5. The number of carbonyl (C=O) groups excluding carboxylic acids is 1. The van der Waals surface area contributed by atoms with Crippen molar-refractivity contribution < 1.29 is 32.9 Å². The molecule has 0 aromatic rings. The average molecular weight is 802 g/mol. The number of phosphoric ester groups is 1. The Morgan fingerprint density at radius 2 is 0.964 bits per heavy atom. The minimum Gasteiger partial charge on any atom is -0.387 e. The molecule has 0 fully saturated rings. The van der Waals surface area contributed by atoms with Crippen molar-refractivity contribution in [2.24, 2.45) is 0 Å². The van der Waals surface area contributed by atoms with E-state index >= 15 is 0 Å². The van der Waals surface area contributed by atoms with Gasteiger partial charge in [0.25, 0.3) is 0 Å². The minimum atomic E-state index is -4.32. The number of hydrogen-bond acceptors (Lipinski definition) is 5. The first-order valence-corrected chi connectivity index (χ1v) is 25.1. The van der Waals surface area contributed by atoms with Crippen molar-refractivity contribution in [2.75, 3.05) is 40.9 Å². The standard InChI is InChI=1S/C46H93N2O6P/c1-6-8-10-12-13-14-15-16-17-18-19-20-21-22-23-24-25-26-27-28-29-30-31-32-33-34-35-36-37-39-45(49)44(47-46(50)40-38-11-9-7-2)43-54-55(51,52)53-42-41-48(3,4)5/h37,39,44-45,49H,6-36,38,40-43H2,1-5H3,(H-,47,50,51,52)/p+1/b39-37+. The fraction of sp³-hybridized carbons (Fsp3) is 0.935. The summed E-state index contributed by atoms with van der Waals surface area (Å²) < 4.78 is 23.4. The van der Waals surface area contributed by atoms with Crippen molar-refractivity contribution in [3.63, 3.8) is 0 Å². The molecule has 8 nitrogen and oxygen atoms in total. The van der Waals surface area contributed by atoms with E-state index in [2.05, 4.69) is 19.2 Å². The van der Waals surface area contributed by atoms with Gasteiger partial charge in [0.2, 0.25) is 5.91 Å². The normalized spacial score (nSPS) is 14.4. The Morgan fingerprint density at radius 3 is 1.35 bits per heavy atom. The van der Waals surface area contributed by atoms with Gasteiger partial charge in [-0.1, -0.05) is 212 Å². The van der Waals surface area contributed by atoms with Crippen LogP contribution in [-0.4, -0.2) is 73.4 Å². The number of carbonyl (C=O) groups is 1. The highest BCUT2D eigenvalue weighted by Gasteiger charge is 2.27. The molecular weight excluding hydrogens is 707 g/mol. The smallest absolute Gasteiger partial charge is 0.387 e. The maximum absolute atomic E-state index is 12.6. The van der Waals surface area contributed by atoms with Gasteiger partial charge < -0.3 is 19.8 Å². The van der Waals surface area contributed by atoms with E-state index in [1.165, 1.54) is 167 Å². The van der Waals surface area contributed by atoms with Crippen LogP contribution in [0, 0.1) is 0 Å². The number of likely N-dealkylation sites (N-methyl/N-ethyl adjacent to an activating group) is 1. The largest absolute Gasteiger partial charge is 0.472 e. The molecule has 0 bridgehead atoms. The van der Waals surface area contributed by atoms with Gasteiger partial charge in [0, 0.05) is 6.42 Å². The second-order valence-electron chi connectivity index (χ2n) is 17.5. The molecule has 0 heterocycles. The third-order valence-corrected chi connectivity index (χ3v) is 11.7. The number of unbranched alkanes of at least 4 members (excludes halogenated alkanes) is 30. The number of phosphoric acid groups is 1. The molecule has 328 valence electrons. The van der Waals surface area contributed by atoms with Crippen molar-refractivity contribution in [3.8, 4) is 0 Å². The molecule has 0 rings (SSSR count). The van der Waals surface area contributed by atoms with Crippen molar-refractivity contribution in [3.05, 3.63) is 12.2 Å². The van der Waals surface area contributed by atoms with Gasteiger partial charge in [0.1, 0.15) is 13.2 Å². The van der Waals surface area contributed by atoms with E-state index in [9.17, 15) is 19.4 Å². The van der Waals surface area contributed by atoms with Crippen molar-refractivity contribution >= 4 is 13.7 Å². The van der Waals surface area contributed by atoms with Crippen molar-refractivity contribution in [1.29, 1.82) is 0 Å². The maximum Gasteiger partial charge on any atom is 0.472 e. The number of aliphatic hydroxyl groups is 1. The van der Waals surface area contributed by atoms with E-state index in [0.29, 0.717) is 17.4 Å². The van der Waals surface area contributed by atoms with Crippen LogP contribution in [0.2, 0.25) is 0 Å². The predicted octanol–water partition coefficient (Wildman–Crippen LogP) is 13.1. The molecule has 0 aliphatic carbocycles. The highest BCUT2D eigenvalue weighted by molar-refractivity contribution is 7.47. The Balaban J connectivity index is 3.89. The van der Waals surface area contributed by atoms with Gasteiger partial charge in [-0.2, -0.15) is 0 Å². The summed E-state index contributed by atoms with van der Waals surface area (Å²) in [6, 6.07) is -0.837. The molecule has 3 atom stereocenters. The lowest BCUT2D eigenvalue weighted by Crippen LogP contribution is -2.45. The highest BCUT2D eigenvalue weighted by atomic mass is 31.2. The second kappa shape index (κ2) is 38.7. The van der Waals surface area contributed by atoms with Crippen LogP contribution in [0.5, 0.6) is 0 Å². The molecule has 0 saturated carbocycles. The summed E-state index contributed by atoms with van der Waals surface area (Å²) in [5.41, 5.74) is 0. The predicted molar refractivity (Wildman–Crippen MR) is 235 cm³/mol. The minimum absolute atomic E-state index is 0.0633. The van der Waals surface area contributed by atoms with Gasteiger partial charge in [0.05, 0.1) is 39.9 Å². The SMILES string of the molecule is CCCCCCCCCCCCCCCCCCCCCCCCCCCCC/C=C/C(O)C(COP(=O)(O)OCC[N+](C)(C)C)NC(=O)CCCCCC. The van der Waals surface area contributed by atoms with Gasteiger partial charge >= 0.3 is 7.82 Å². The molecule has 0 aromatic heterocycles. The number of amides is 1. The van der Waals surface area contributed by atoms with Crippen LogP contribution >= 0.6 is 7.82 Å². The Bertz CT molecular complexity index is 911. The molecular formula is C46H94N2O6P+. The number of rotatable bonds is 43. The third kappa shape index (κ3) is 41.2. The summed E-state index contributed by atoms with van der Waals surface area (Å²) in [5, 5.41) is 13.7. The van der Waals surface area contributed by atoms with Gasteiger partial charge in [-0.05, 0) is 19.3 Å². The van der Waals surface area contributed by atoms with Gasteiger partial charge in [-0.25, -0.2) is 4.57 Å². The number of allylic oxidation sites excluding steroid dienone is 1. The zero-order chi connectivity index (χ0) is 40.7. The van der Waals surface area contributed by atoms with Crippen LogP contribution in [0.25, 0.3) is 0 Å². The fourth-order valence-electron chi connectivity index (χ4n) is 6.98.